The van der Waals surface area contributed by atoms with Crippen molar-refractivity contribution in [3.63, 3.8) is 0 Å². The first-order chi connectivity index (χ1) is 8.20. The lowest BCUT2D eigenvalue weighted by Crippen LogP contribution is -2.48. The maximum absolute atomic E-state index is 11.2. The molecule has 2 rings (SSSR count). The molecule has 7 heteroatoms. The fourth-order valence-electron chi connectivity index (χ4n) is 1.81. The molecule has 0 atom stereocenters. The van der Waals surface area contributed by atoms with E-state index >= 15 is 0 Å². The van der Waals surface area contributed by atoms with Crippen molar-refractivity contribution in [1.82, 2.24) is 15.1 Å². The van der Waals surface area contributed by atoms with Crippen LogP contribution < -0.4 is 10.6 Å². The number of amides is 1. The zero-order valence-electron chi connectivity index (χ0n) is 9.93. The maximum Gasteiger partial charge on any atom is 0.219 e. The quantitative estimate of drug-likeness (QED) is 0.803. The van der Waals surface area contributed by atoms with Crippen LogP contribution in [0.15, 0.2) is 0 Å². The Morgan fingerprint density at radius 1 is 1.35 bits per heavy atom. The van der Waals surface area contributed by atoms with E-state index < -0.39 is 0 Å². The molecule has 0 bridgehead atoms. The fraction of sp³-hybridized carbons (Fsp3) is 0.700. The highest BCUT2D eigenvalue weighted by atomic mass is 32.1. The van der Waals surface area contributed by atoms with E-state index in [9.17, 15) is 4.79 Å². The first-order valence-corrected chi connectivity index (χ1v) is 6.55. The number of anilines is 1. The Balaban J connectivity index is 1.93. The maximum atomic E-state index is 11.2. The number of aromatic nitrogens is 2. The predicted molar refractivity (Wildman–Crippen MR) is 67.1 cm³/mol. The zero-order valence-corrected chi connectivity index (χ0v) is 10.7. The van der Waals surface area contributed by atoms with Gasteiger partial charge in [0.1, 0.15) is 5.01 Å². The van der Waals surface area contributed by atoms with E-state index in [4.69, 9.17) is 5.73 Å². The van der Waals surface area contributed by atoms with Crippen molar-refractivity contribution >= 4 is 22.4 Å². The van der Waals surface area contributed by atoms with Crippen LogP contribution in [0.5, 0.6) is 0 Å². The van der Waals surface area contributed by atoms with Crippen LogP contribution in [0.3, 0.4) is 0 Å². The second kappa shape index (κ2) is 5.42. The Hall–Kier alpha value is -1.21. The summed E-state index contributed by atoms with van der Waals surface area (Å²) in [5.74, 6) is 0.144. The van der Waals surface area contributed by atoms with Gasteiger partial charge in [0.05, 0.1) is 0 Å². The lowest BCUT2D eigenvalue weighted by molar-refractivity contribution is -0.129. The lowest BCUT2D eigenvalue weighted by atomic mass is 10.3. The molecule has 0 spiro atoms. The lowest BCUT2D eigenvalue weighted by Gasteiger charge is -2.33. The second-order valence-corrected chi connectivity index (χ2v) is 5.05. The molecule has 0 aliphatic carbocycles. The summed E-state index contributed by atoms with van der Waals surface area (Å²) in [5, 5.41) is 10.2. The summed E-state index contributed by atoms with van der Waals surface area (Å²) in [4.78, 5) is 15.2. The fourth-order valence-corrected chi connectivity index (χ4v) is 2.72. The number of carbonyl (C=O) groups excluding carboxylic acids is 1. The molecule has 94 valence electrons. The molecule has 2 heterocycles. The molecule has 0 saturated carbocycles. The van der Waals surface area contributed by atoms with E-state index in [0.29, 0.717) is 6.54 Å². The number of nitrogens with zero attached hydrogens (tertiary/aromatic N) is 4. The minimum Gasteiger partial charge on any atom is -0.343 e. The Morgan fingerprint density at radius 2 is 2.06 bits per heavy atom. The molecule has 0 unspecified atom stereocenters. The molecule has 1 aliphatic heterocycles. The normalized spacial score (nSPS) is 16.4. The summed E-state index contributed by atoms with van der Waals surface area (Å²) < 4.78 is 0. The third-order valence-corrected chi connectivity index (χ3v) is 3.85. The molecule has 1 amide bonds. The summed E-state index contributed by atoms with van der Waals surface area (Å²) in [6.07, 6.45) is 0.783. The van der Waals surface area contributed by atoms with Gasteiger partial charge in [0.25, 0.3) is 0 Å². The molecular weight excluding hydrogens is 238 g/mol. The van der Waals surface area contributed by atoms with Gasteiger partial charge in [0.15, 0.2) is 0 Å². The number of hydrogen-bond donors (Lipinski definition) is 1. The Labute approximate surface area is 104 Å². The van der Waals surface area contributed by atoms with Gasteiger partial charge < -0.3 is 15.5 Å². The molecule has 1 aromatic rings. The molecule has 1 aliphatic rings. The van der Waals surface area contributed by atoms with Gasteiger partial charge in [-0.05, 0) is 6.54 Å². The molecular formula is C10H17N5OS. The van der Waals surface area contributed by atoms with E-state index in [1.165, 1.54) is 0 Å². The number of piperazine rings is 1. The molecule has 2 N–H and O–H groups in total. The van der Waals surface area contributed by atoms with Gasteiger partial charge in [0.2, 0.25) is 11.0 Å². The summed E-state index contributed by atoms with van der Waals surface area (Å²) in [5.41, 5.74) is 5.48. The van der Waals surface area contributed by atoms with E-state index in [-0.39, 0.29) is 5.91 Å². The second-order valence-electron chi connectivity index (χ2n) is 4.01. The number of hydrogen-bond acceptors (Lipinski definition) is 6. The third kappa shape index (κ3) is 2.92. The number of nitrogens with two attached hydrogens (primary N) is 1. The molecule has 6 nitrogen and oxygen atoms in total. The summed E-state index contributed by atoms with van der Waals surface area (Å²) in [7, 11) is 0. The van der Waals surface area contributed by atoms with Crippen LogP contribution in [0.25, 0.3) is 0 Å². The predicted octanol–water partition coefficient (Wildman–Crippen LogP) is -0.292. The van der Waals surface area contributed by atoms with Crippen molar-refractivity contribution in [2.24, 2.45) is 5.73 Å². The minimum absolute atomic E-state index is 0.144. The molecule has 1 saturated heterocycles. The van der Waals surface area contributed by atoms with Gasteiger partial charge in [-0.2, -0.15) is 0 Å². The third-order valence-electron chi connectivity index (χ3n) is 2.81. The number of rotatable bonds is 3. The average Bonchev–Trinajstić information content (AvgIpc) is 2.78. The monoisotopic (exact) mass is 255 g/mol. The Bertz CT molecular complexity index is 386. The van der Waals surface area contributed by atoms with Crippen LogP contribution in [-0.2, 0) is 11.2 Å². The van der Waals surface area contributed by atoms with Crippen molar-refractivity contribution in [3.05, 3.63) is 5.01 Å². The van der Waals surface area contributed by atoms with Gasteiger partial charge in [-0.25, -0.2) is 0 Å². The van der Waals surface area contributed by atoms with Crippen molar-refractivity contribution < 1.29 is 4.79 Å². The summed E-state index contributed by atoms with van der Waals surface area (Å²) in [6, 6.07) is 0. The topological polar surface area (TPSA) is 75.4 Å². The smallest absolute Gasteiger partial charge is 0.219 e. The highest BCUT2D eigenvalue weighted by Gasteiger charge is 2.21. The first kappa shape index (κ1) is 12.3. The first-order valence-electron chi connectivity index (χ1n) is 5.73. The van der Waals surface area contributed by atoms with Gasteiger partial charge >= 0.3 is 0 Å². The zero-order chi connectivity index (χ0) is 12.3. The molecule has 1 aromatic heterocycles. The van der Waals surface area contributed by atoms with Crippen LogP contribution in [0, 0.1) is 0 Å². The van der Waals surface area contributed by atoms with Crippen LogP contribution >= 0.6 is 11.3 Å². The van der Waals surface area contributed by atoms with E-state index in [2.05, 4.69) is 15.1 Å². The highest BCUT2D eigenvalue weighted by molar-refractivity contribution is 7.15. The largest absolute Gasteiger partial charge is 0.343 e. The van der Waals surface area contributed by atoms with Crippen LogP contribution in [0.4, 0.5) is 5.13 Å². The van der Waals surface area contributed by atoms with Crippen molar-refractivity contribution in [3.8, 4) is 0 Å². The Kier molecular flexibility index (Phi) is 3.90. The van der Waals surface area contributed by atoms with Crippen molar-refractivity contribution in [2.75, 3.05) is 37.6 Å². The van der Waals surface area contributed by atoms with Crippen LogP contribution in [0.1, 0.15) is 11.9 Å². The molecule has 1 fully saturated rings. The van der Waals surface area contributed by atoms with Crippen molar-refractivity contribution in [2.45, 2.75) is 13.3 Å². The van der Waals surface area contributed by atoms with E-state index in [1.807, 2.05) is 4.90 Å². The van der Waals surface area contributed by atoms with E-state index in [0.717, 1.165) is 42.7 Å². The summed E-state index contributed by atoms with van der Waals surface area (Å²) >= 11 is 1.59. The number of carbonyl (C=O) groups is 1. The molecule has 0 aromatic carbocycles. The van der Waals surface area contributed by atoms with Gasteiger partial charge in [-0.1, -0.05) is 11.3 Å². The SMILES string of the molecule is CC(=O)N1CCN(c2nnc(CCN)s2)CC1. The Morgan fingerprint density at radius 3 is 2.65 bits per heavy atom. The summed E-state index contributed by atoms with van der Waals surface area (Å²) in [6.45, 7) is 5.41. The van der Waals surface area contributed by atoms with Crippen molar-refractivity contribution in [1.29, 1.82) is 0 Å². The average molecular weight is 255 g/mol. The molecule has 0 radical (unpaired) electrons. The minimum atomic E-state index is 0.144. The van der Waals surface area contributed by atoms with Crippen LogP contribution in [0.2, 0.25) is 0 Å². The van der Waals surface area contributed by atoms with E-state index in [1.54, 1.807) is 18.3 Å². The van der Waals surface area contributed by atoms with Gasteiger partial charge in [0, 0.05) is 39.5 Å². The standard InChI is InChI=1S/C10H17N5OS/c1-8(16)14-4-6-15(7-5-14)10-13-12-9(17-10)2-3-11/h2-7,11H2,1H3. The van der Waals surface area contributed by atoms with Crippen LogP contribution in [-0.4, -0.2) is 53.7 Å². The highest BCUT2D eigenvalue weighted by Crippen LogP contribution is 2.21. The molecule has 17 heavy (non-hydrogen) atoms. The van der Waals surface area contributed by atoms with Gasteiger partial charge in [-0.15, -0.1) is 10.2 Å². The van der Waals surface area contributed by atoms with Gasteiger partial charge in [-0.3, -0.25) is 4.79 Å².